The van der Waals surface area contributed by atoms with Crippen LogP contribution in [0.15, 0.2) is 30.3 Å². The van der Waals surface area contributed by atoms with Gasteiger partial charge in [-0.15, -0.1) is 0 Å². The molecule has 6 nitrogen and oxygen atoms in total. The topological polar surface area (TPSA) is 53.1 Å². The first-order valence-corrected chi connectivity index (χ1v) is 10.7. The van der Waals surface area contributed by atoms with E-state index in [9.17, 15) is 9.59 Å². The number of rotatable bonds is 3. The Morgan fingerprint density at radius 3 is 2.54 bits per heavy atom. The van der Waals surface area contributed by atoms with Crippen LogP contribution in [0.1, 0.15) is 37.7 Å². The standard InChI is InChI=1S/C22H29N3O3/c26-20(18-7-4-8-18)23-11-12-24-19(16-23)21(27)25(15-17-5-2-1-3-6-17)22(24)9-13-28-14-10-22/h1-3,5-6,18-19H,4,7-16H2/t19-/m1/s1. The van der Waals surface area contributed by atoms with E-state index in [-0.39, 0.29) is 29.4 Å². The summed E-state index contributed by atoms with van der Waals surface area (Å²) in [5, 5.41) is 0. The number of benzene rings is 1. The molecule has 4 fully saturated rings. The molecule has 1 aromatic rings. The second-order valence-electron chi connectivity index (χ2n) is 8.63. The minimum absolute atomic E-state index is 0.178. The molecule has 0 N–H and O–H groups in total. The summed E-state index contributed by atoms with van der Waals surface area (Å²) in [5.41, 5.74) is 0.894. The fourth-order valence-corrected chi connectivity index (χ4v) is 5.39. The summed E-state index contributed by atoms with van der Waals surface area (Å²) in [4.78, 5) is 32.8. The van der Waals surface area contributed by atoms with Crippen molar-refractivity contribution in [1.82, 2.24) is 14.7 Å². The highest BCUT2D eigenvalue weighted by molar-refractivity contribution is 5.87. The molecule has 3 saturated heterocycles. The molecule has 5 rings (SSSR count). The lowest BCUT2D eigenvalue weighted by Crippen LogP contribution is -2.62. The number of hydrogen-bond acceptors (Lipinski definition) is 4. The molecule has 6 heteroatoms. The van der Waals surface area contributed by atoms with E-state index in [1.54, 1.807) is 0 Å². The van der Waals surface area contributed by atoms with E-state index in [0.29, 0.717) is 26.3 Å². The number of nitrogens with zero attached hydrogens (tertiary/aromatic N) is 3. The predicted molar refractivity (Wildman–Crippen MR) is 104 cm³/mol. The van der Waals surface area contributed by atoms with E-state index >= 15 is 0 Å². The van der Waals surface area contributed by atoms with Crippen LogP contribution in [0.5, 0.6) is 0 Å². The van der Waals surface area contributed by atoms with Crippen LogP contribution in [0.25, 0.3) is 0 Å². The van der Waals surface area contributed by atoms with Gasteiger partial charge in [-0.3, -0.25) is 14.5 Å². The molecule has 2 amide bonds. The molecule has 1 aromatic carbocycles. The average molecular weight is 383 g/mol. The van der Waals surface area contributed by atoms with Crippen LogP contribution in [0.4, 0.5) is 0 Å². The molecule has 1 saturated carbocycles. The van der Waals surface area contributed by atoms with E-state index in [0.717, 1.165) is 50.8 Å². The SMILES string of the molecule is O=C(C1CCC1)N1CCN2[C@H](C1)C(=O)N(Cc1ccccc1)C21CCOCC1. The van der Waals surface area contributed by atoms with E-state index in [1.165, 1.54) is 0 Å². The number of hydrogen-bond donors (Lipinski definition) is 0. The van der Waals surface area contributed by atoms with Crippen LogP contribution in [-0.4, -0.2) is 71.1 Å². The van der Waals surface area contributed by atoms with Gasteiger partial charge in [0, 0.05) is 44.9 Å². The van der Waals surface area contributed by atoms with Crippen LogP contribution in [0.3, 0.4) is 0 Å². The van der Waals surface area contributed by atoms with Crippen molar-refractivity contribution in [3.63, 3.8) is 0 Å². The Balaban J connectivity index is 1.41. The zero-order valence-electron chi connectivity index (χ0n) is 16.4. The summed E-state index contributed by atoms with van der Waals surface area (Å²) in [6.45, 7) is 4.06. The number of fused-ring (bicyclic) bond motifs is 2. The first-order chi connectivity index (χ1) is 13.7. The molecule has 0 bridgehead atoms. The zero-order chi connectivity index (χ0) is 19.1. The van der Waals surface area contributed by atoms with Crippen molar-refractivity contribution in [1.29, 1.82) is 0 Å². The molecule has 1 spiro atoms. The average Bonchev–Trinajstić information content (AvgIpc) is 2.90. The predicted octanol–water partition coefficient (Wildman–Crippen LogP) is 1.85. The van der Waals surface area contributed by atoms with E-state index in [1.807, 2.05) is 23.1 Å². The van der Waals surface area contributed by atoms with Crippen LogP contribution in [0.2, 0.25) is 0 Å². The highest BCUT2D eigenvalue weighted by atomic mass is 16.5. The molecule has 3 aliphatic heterocycles. The molecular formula is C22H29N3O3. The summed E-state index contributed by atoms with van der Waals surface area (Å²) >= 11 is 0. The van der Waals surface area contributed by atoms with Gasteiger partial charge in [0.1, 0.15) is 11.7 Å². The molecular weight excluding hydrogens is 354 g/mol. The maximum absolute atomic E-state index is 13.5. The first-order valence-electron chi connectivity index (χ1n) is 10.7. The number of piperazine rings is 1. The van der Waals surface area contributed by atoms with Gasteiger partial charge < -0.3 is 14.5 Å². The van der Waals surface area contributed by atoms with Crippen LogP contribution < -0.4 is 0 Å². The largest absolute Gasteiger partial charge is 0.381 e. The number of ether oxygens (including phenoxy) is 1. The van der Waals surface area contributed by atoms with E-state index in [4.69, 9.17) is 4.74 Å². The molecule has 1 aliphatic carbocycles. The Labute approximate surface area is 166 Å². The van der Waals surface area contributed by atoms with Gasteiger partial charge in [-0.25, -0.2) is 0 Å². The normalized spacial score (nSPS) is 27.7. The van der Waals surface area contributed by atoms with Gasteiger partial charge in [0.25, 0.3) is 0 Å². The van der Waals surface area contributed by atoms with Crippen molar-refractivity contribution in [3.05, 3.63) is 35.9 Å². The summed E-state index contributed by atoms with van der Waals surface area (Å²) in [6.07, 6.45) is 4.88. The summed E-state index contributed by atoms with van der Waals surface area (Å²) < 4.78 is 5.65. The van der Waals surface area contributed by atoms with Crippen molar-refractivity contribution in [2.24, 2.45) is 5.92 Å². The monoisotopic (exact) mass is 383 g/mol. The lowest BCUT2D eigenvalue weighted by Gasteiger charge is -2.49. The summed E-state index contributed by atoms with van der Waals surface area (Å²) in [6, 6.07) is 10.0. The minimum Gasteiger partial charge on any atom is -0.381 e. The van der Waals surface area contributed by atoms with Crippen molar-refractivity contribution in [2.75, 3.05) is 32.8 Å². The fraction of sp³-hybridized carbons (Fsp3) is 0.636. The van der Waals surface area contributed by atoms with Crippen LogP contribution >= 0.6 is 0 Å². The Bertz CT molecular complexity index is 743. The van der Waals surface area contributed by atoms with Gasteiger partial charge in [-0.2, -0.15) is 0 Å². The van der Waals surface area contributed by atoms with Crippen LogP contribution in [0, 0.1) is 5.92 Å². The van der Waals surface area contributed by atoms with Gasteiger partial charge in [-0.1, -0.05) is 36.8 Å². The number of carbonyl (C=O) groups excluding carboxylic acids is 2. The second-order valence-corrected chi connectivity index (χ2v) is 8.63. The highest BCUT2D eigenvalue weighted by Crippen LogP contribution is 2.42. The molecule has 150 valence electrons. The lowest BCUT2D eigenvalue weighted by molar-refractivity contribution is -0.144. The maximum Gasteiger partial charge on any atom is 0.243 e. The molecule has 28 heavy (non-hydrogen) atoms. The Kier molecular flexibility index (Phi) is 4.63. The number of amides is 2. The van der Waals surface area contributed by atoms with Gasteiger partial charge in [0.05, 0.1) is 13.2 Å². The Morgan fingerprint density at radius 2 is 1.86 bits per heavy atom. The molecule has 0 radical (unpaired) electrons. The van der Waals surface area contributed by atoms with Gasteiger partial charge in [-0.05, 0) is 18.4 Å². The fourth-order valence-electron chi connectivity index (χ4n) is 5.39. The van der Waals surface area contributed by atoms with Crippen molar-refractivity contribution >= 4 is 11.8 Å². The van der Waals surface area contributed by atoms with E-state index in [2.05, 4.69) is 21.9 Å². The highest BCUT2D eigenvalue weighted by Gasteiger charge is 2.58. The quantitative estimate of drug-likeness (QED) is 0.799. The second kappa shape index (κ2) is 7.16. The summed E-state index contributed by atoms with van der Waals surface area (Å²) in [7, 11) is 0. The van der Waals surface area contributed by atoms with Crippen molar-refractivity contribution < 1.29 is 14.3 Å². The molecule has 4 aliphatic rings. The van der Waals surface area contributed by atoms with Gasteiger partial charge in [0.15, 0.2) is 0 Å². The molecule has 3 heterocycles. The molecule has 1 atom stereocenters. The number of carbonyl (C=O) groups is 2. The maximum atomic E-state index is 13.5. The Hall–Kier alpha value is -1.92. The smallest absolute Gasteiger partial charge is 0.243 e. The van der Waals surface area contributed by atoms with Crippen molar-refractivity contribution in [2.45, 2.75) is 50.4 Å². The third kappa shape index (κ3) is 2.85. The lowest BCUT2D eigenvalue weighted by atomic mass is 9.84. The summed E-state index contributed by atoms with van der Waals surface area (Å²) in [5.74, 6) is 0.638. The molecule has 0 unspecified atom stereocenters. The zero-order valence-corrected chi connectivity index (χ0v) is 16.4. The Morgan fingerprint density at radius 1 is 1.11 bits per heavy atom. The molecule has 0 aromatic heterocycles. The third-order valence-electron chi connectivity index (χ3n) is 7.21. The minimum atomic E-state index is -0.262. The van der Waals surface area contributed by atoms with Gasteiger partial charge in [0.2, 0.25) is 11.8 Å². The first kappa shape index (κ1) is 18.1. The van der Waals surface area contributed by atoms with Gasteiger partial charge >= 0.3 is 0 Å². The third-order valence-corrected chi connectivity index (χ3v) is 7.21. The van der Waals surface area contributed by atoms with E-state index < -0.39 is 0 Å². The van der Waals surface area contributed by atoms with Crippen molar-refractivity contribution in [3.8, 4) is 0 Å². The van der Waals surface area contributed by atoms with Crippen LogP contribution in [-0.2, 0) is 20.9 Å².